The Hall–Kier alpha value is -4.08. The highest BCUT2D eigenvalue weighted by Gasteiger charge is 2.49. The lowest BCUT2D eigenvalue weighted by Crippen LogP contribution is -2.52. The number of hydrogen-bond acceptors (Lipinski definition) is 12. The van der Waals surface area contributed by atoms with Gasteiger partial charge in [-0.3, -0.25) is 14.4 Å². The Labute approximate surface area is 292 Å². The van der Waals surface area contributed by atoms with Gasteiger partial charge in [0.25, 0.3) is 5.91 Å². The van der Waals surface area contributed by atoms with E-state index in [1.807, 2.05) is 0 Å². The fourth-order valence-electron chi connectivity index (χ4n) is 6.57. The number of aromatic hydroxyl groups is 2. The van der Waals surface area contributed by atoms with E-state index in [1.54, 1.807) is 6.92 Å². The Morgan fingerprint density at radius 1 is 1.08 bits per heavy atom. The Balaban J connectivity index is 0.00000468. The van der Waals surface area contributed by atoms with Gasteiger partial charge in [-0.05, 0) is 44.2 Å². The van der Waals surface area contributed by atoms with Crippen LogP contribution in [-0.2, 0) is 15.9 Å². The van der Waals surface area contributed by atoms with Gasteiger partial charge in [-0.15, -0.1) is 12.4 Å². The molecule has 1 amide bonds. The molecule has 0 saturated carbocycles. The zero-order chi connectivity index (χ0) is 34.7. The molecule has 2 aliphatic carbocycles. The van der Waals surface area contributed by atoms with Gasteiger partial charge in [0, 0.05) is 52.6 Å². The summed E-state index contributed by atoms with van der Waals surface area (Å²) in [6.07, 6.45) is -4.60. The number of carbonyl (C=O) groups is 3. The molecule has 1 fully saturated rings. The first kappa shape index (κ1) is 36.2. The molecule has 0 aromatic heterocycles. The number of ketones is 2. The summed E-state index contributed by atoms with van der Waals surface area (Å²) in [5, 5.41) is 50.4. The maximum absolute atomic E-state index is 13.9. The first-order valence-electron chi connectivity index (χ1n) is 15.2. The average molecular weight is 717 g/mol. The van der Waals surface area contributed by atoms with E-state index < -0.39 is 76.3 Å². The van der Waals surface area contributed by atoms with Crippen LogP contribution in [0, 0.1) is 0 Å². The van der Waals surface area contributed by atoms with Crippen molar-refractivity contribution in [2.24, 2.45) is 10.8 Å². The van der Waals surface area contributed by atoms with E-state index in [0.29, 0.717) is 5.02 Å². The summed E-state index contributed by atoms with van der Waals surface area (Å²) in [5.74, 6) is -3.19. The monoisotopic (exact) mass is 715 g/mol. The SMILES string of the molecule is COc1cccc2c1C(=O)c1c(O)c3c(c(O)c1C2=O)C[C@@](O)(/C(C)=N/NC(=O)c1ccc(Cl)cc1)C[C@H]3O[C@H]1C[C@H](N)[C@H](O)[C@H](C)O1.Cl. The Morgan fingerprint density at radius 2 is 1.76 bits per heavy atom. The number of benzene rings is 3. The van der Waals surface area contributed by atoms with Gasteiger partial charge in [-0.2, -0.15) is 5.10 Å². The Morgan fingerprint density at radius 3 is 2.41 bits per heavy atom. The van der Waals surface area contributed by atoms with E-state index in [4.69, 9.17) is 31.5 Å². The van der Waals surface area contributed by atoms with E-state index >= 15 is 0 Å². The van der Waals surface area contributed by atoms with Crippen molar-refractivity contribution in [3.05, 3.63) is 86.4 Å². The van der Waals surface area contributed by atoms with Crippen LogP contribution in [0.5, 0.6) is 17.2 Å². The third kappa shape index (κ3) is 6.27. The van der Waals surface area contributed by atoms with Crippen LogP contribution in [0.4, 0.5) is 0 Å². The molecule has 1 heterocycles. The number of fused-ring (bicyclic) bond motifs is 3. The van der Waals surface area contributed by atoms with Gasteiger partial charge in [0.05, 0.1) is 47.8 Å². The van der Waals surface area contributed by atoms with Crippen molar-refractivity contribution in [3.8, 4) is 17.2 Å². The second-order valence-corrected chi connectivity index (χ2v) is 12.7. The molecule has 0 spiro atoms. The summed E-state index contributed by atoms with van der Waals surface area (Å²) < 4.78 is 17.5. The molecule has 6 rings (SSSR count). The number of ether oxygens (including phenoxy) is 3. The largest absolute Gasteiger partial charge is 0.507 e. The minimum absolute atomic E-state index is 0. The molecule has 3 aromatic carbocycles. The molecule has 3 aromatic rings. The number of methoxy groups -OCH3 is 1. The number of hydrazone groups is 1. The summed E-state index contributed by atoms with van der Waals surface area (Å²) in [4.78, 5) is 40.5. The minimum Gasteiger partial charge on any atom is -0.507 e. The lowest BCUT2D eigenvalue weighted by molar-refractivity contribution is -0.245. The molecule has 15 heteroatoms. The van der Waals surface area contributed by atoms with Crippen LogP contribution >= 0.6 is 24.0 Å². The van der Waals surface area contributed by atoms with Crippen molar-refractivity contribution >= 4 is 47.2 Å². The first-order chi connectivity index (χ1) is 22.7. The molecule has 1 aliphatic heterocycles. The number of amides is 1. The quantitative estimate of drug-likeness (QED) is 0.0969. The number of aliphatic hydroxyl groups excluding tert-OH is 1. The maximum Gasteiger partial charge on any atom is 0.271 e. The van der Waals surface area contributed by atoms with Crippen LogP contribution in [0.2, 0.25) is 5.02 Å². The van der Waals surface area contributed by atoms with Gasteiger partial charge >= 0.3 is 0 Å². The molecule has 1 saturated heterocycles. The van der Waals surface area contributed by atoms with Gasteiger partial charge in [-0.1, -0.05) is 23.7 Å². The fourth-order valence-corrected chi connectivity index (χ4v) is 6.70. The second kappa shape index (κ2) is 13.7. The molecule has 260 valence electrons. The van der Waals surface area contributed by atoms with E-state index in [2.05, 4.69) is 10.5 Å². The summed E-state index contributed by atoms with van der Waals surface area (Å²) >= 11 is 5.92. The minimum atomic E-state index is -1.91. The molecule has 7 N–H and O–H groups in total. The molecule has 3 aliphatic rings. The zero-order valence-electron chi connectivity index (χ0n) is 26.6. The van der Waals surface area contributed by atoms with Crippen molar-refractivity contribution in [1.82, 2.24) is 5.43 Å². The van der Waals surface area contributed by atoms with E-state index in [1.165, 1.54) is 56.5 Å². The molecule has 49 heavy (non-hydrogen) atoms. The number of phenolic OH excluding ortho intramolecular Hbond substituents is 2. The van der Waals surface area contributed by atoms with Gasteiger partial charge in [0.1, 0.15) is 22.8 Å². The number of nitrogens with zero attached hydrogens (tertiary/aromatic N) is 1. The summed E-state index contributed by atoms with van der Waals surface area (Å²) in [5.41, 5.74) is 5.83. The number of rotatable bonds is 6. The topological polar surface area (TPSA) is 210 Å². The third-order valence-electron chi connectivity index (χ3n) is 9.25. The maximum atomic E-state index is 13.9. The number of aliphatic hydroxyl groups is 2. The number of nitrogens with one attached hydrogen (secondary N) is 1. The van der Waals surface area contributed by atoms with Crippen LogP contribution in [0.25, 0.3) is 0 Å². The van der Waals surface area contributed by atoms with Gasteiger partial charge < -0.3 is 40.4 Å². The van der Waals surface area contributed by atoms with Gasteiger partial charge in [0.2, 0.25) is 5.78 Å². The summed E-state index contributed by atoms with van der Waals surface area (Å²) in [6, 6.07) is 9.80. The number of carbonyl (C=O) groups excluding carboxylic acids is 3. The highest BCUT2D eigenvalue weighted by atomic mass is 35.5. The molecule has 6 atom stereocenters. The second-order valence-electron chi connectivity index (χ2n) is 12.2. The summed E-state index contributed by atoms with van der Waals surface area (Å²) in [6.45, 7) is 3.07. The Bertz CT molecular complexity index is 1860. The fraction of sp³-hybridized carbons (Fsp3) is 0.353. The molecular weight excluding hydrogens is 681 g/mol. The molecular formula is C34H35Cl2N3O10. The number of phenols is 2. The standard InChI is InChI=1S/C34H34ClN3O10.ClH/c1-14-28(39)20(36)11-23(47-14)48-22-13-34(45,15(2)37-38-33(44)16-7-9-17(35)10-8-16)12-19-25(22)32(43)27-26(30(19)41)29(40)18-5-4-6-21(46-3)24(18)31(27)42;/h4-10,14,20,22-23,28,39,41,43,45H,11-13,36H2,1-3H3,(H,38,44);1H/b37-15+;/t14-,20-,22+,23-,28+,34-;/m0./s1. The van der Waals surface area contributed by atoms with Crippen LogP contribution < -0.4 is 15.9 Å². The average Bonchev–Trinajstić information content (AvgIpc) is 3.06. The smallest absolute Gasteiger partial charge is 0.271 e. The molecule has 0 radical (unpaired) electrons. The van der Waals surface area contributed by atoms with Crippen LogP contribution in [0.3, 0.4) is 0 Å². The molecule has 0 bridgehead atoms. The molecule has 0 unspecified atom stereocenters. The van der Waals surface area contributed by atoms with Crippen molar-refractivity contribution < 1.29 is 49.0 Å². The Kier molecular flexibility index (Phi) is 10.1. The zero-order valence-corrected chi connectivity index (χ0v) is 28.2. The number of nitrogens with two attached hydrogens (primary N) is 1. The lowest BCUT2D eigenvalue weighted by Gasteiger charge is -2.42. The van der Waals surface area contributed by atoms with Crippen molar-refractivity contribution in [2.75, 3.05) is 7.11 Å². The van der Waals surface area contributed by atoms with Gasteiger partial charge in [-0.25, -0.2) is 5.43 Å². The van der Waals surface area contributed by atoms with Crippen LogP contribution in [-0.4, -0.2) is 80.9 Å². The van der Waals surface area contributed by atoms with Crippen molar-refractivity contribution in [3.63, 3.8) is 0 Å². The van der Waals surface area contributed by atoms with Crippen LogP contribution in [0.15, 0.2) is 47.6 Å². The summed E-state index contributed by atoms with van der Waals surface area (Å²) in [7, 11) is 1.34. The van der Waals surface area contributed by atoms with E-state index in [-0.39, 0.29) is 70.9 Å². The van der Waals surface area contributed by atoms with Crippen molar-refractivity contribution in [2.45, 2.75) is 69.4 Å². The molecule has 13 nitrogen and oxygen atoms in total. The van der Waals surface area contributed by atoms with Crippen molar-refractivity contribution in [1.29, 1.82) is 0 Å². The number of halogens is 2. The normalized spacial score (nSPS) is 26.2. The third-order valence-corrected chi connectivity index (χ3v) is 9.50. The highest BCUT2D eigenvalue weighted by molar-refractivity contribution is 6.31. The highest BCUT2D eigenvalue weighted by Crippen LogP contribution is 2.52. The van der Waals surface area contributed by atoms with E-state index in [0.717, 1.165) is 0 Å². The van der Waals surface area contributed by atoms with E-state index in [9.17, 15) is 34.8 Å². The van der Waals surface area contributed by atoms with Crippen LogP contribution in [0.1, 0.15) is 86.1 Å². The number of hydrogen-bond donors (Lipinski definition) is 6. The predicted octanol–water partition coefficient (Wildman–Crippen LogP) is 3.32. The first-order valence-corrected chi connectivity index (χ1v) is 15.6. The predicted molar refractivity (Wildman–Crippen MR) is 179 cm³/mol. The van der Waals surface area contributed by atoms with Gasteiger partial charge in [0.15, 0.2) is 12.1 Å². The lowest BCUT2D eigenvalue weighted by atomic mass is 9.71.